The Hall–Kier alpha value is -1.75. The summed E-state index contributed by atoms with van der Waals surface area (Å²) in [5.74, 6) is 1.23. The molecule has 2 aromatic carbocycles. The van der Waals surface area contributed by atoms with Crippen LogP contribution < -0.4 is 5.32 Å². The molecule has 0 fully saturated rings. The number of hydrogen-bond donors (Lipinski definition) is 1. The molecule has 0 unspecified atom stereocenters. The molecule has 3 rings (SSSR count). The largest absolute Gasteiger partial charge is 0.324 e. The Morgan fingerprint density at radius 2 is 1.83 bits per heavy atom. The lowest BCUT2D eigenvalue weighted by Gasteiger charge is -2.18. The number of nitrogens with zero attached hydrogens (tertiary/aromatic N) is 2. The van der Waals surface area contributed by atoms with E-state index in [1.54, 1.807) is 19.1 Å². The highest BCUT2D eigenvalue weighted by Gasteiger charge is 2.21. The number of aromatic nitrogens is 2. The minimum absolute atomic E-state index is 0.174. The maximum atomic E-state index is 11.5. The molecule has 0 aliphatic heterocycles. The van der Waals surface area contributed by atoms with Crippen LogP contribution in [-0.2, 0) is 11.3 Å². The van der Waals surface area contributed by atoms with Gasteiger partial charge < -0.3 is 14.7 Å². The van der Waals surface area contributed by atoms with Gasteiger partial charge in [-0.1, -0.05) is 54.7 Å². The summed E-state index contributed by atoms with van der Waals surface area (Å²) in [6.45, 7) is 6.65. The Kier molecular flexibility index (Phi) is 7.67. The summed E-state index contributed by atoms with van der Waals surface area (Å²) in [7, 11) is 0. The van der Waals surface area contributed by atoms with Crippen LogP contribution in [0.25, 0.3) is 11.0 Å². The van der Waals surface area contributed by atoms with Crippen molar-refractivity contribution in [1.82, 2.24) is 9.55 Å². The molecular weight excluding hydrogens is 441 g/mol. The first kappa shape index (κ1) is 22.9. The third-order valence-electron chi connectivity index (χ3n) is 5.39. The van der Waals surface area contributed by atoms with Gasteiger partial charge in [0.15, 0.2) is 0 Å². The van der Waals surface area contributed by atoms with E-state index in [0.717, 1.165) is 30.3 Å². The molecule has 0 spiro atoms. The molecule has 1 heterocycles. The van der Waals surface area contributed by atoms with Crippen LogP contribution in [0.3, 0.4) is 0 Å². The van der Waals surface area contributed by atoms with Gasteiger partial charge in [0.1, 0.15) is 11.3 Å². The van der Waals surface area contributed by atoms with Crippen LogP contribution in [0.1, 0.15) is 57.9 Å². The van der Waals surface area contributed by atoms with Crippen molar-refractivity contribution in [1.29, 1.82) is 0 Å². The van der Waals surface area contributed by atoms with E-state index in [0.29, 0.717) is 45.6 Å². The van der Waals surface area contributed by atoms with Gasteiger partial charge in [-0.2, -0.15) is 0 Å². The number of fused-ring (bicyclic) bond motifs is 1. The van der Waals surface area contributed by atoms with Crippen molar-refractivity contribution in [3.05, 3.63) is 51.0 Å². The SMILES string of the molecule is CCC(CC)c1ccc(Cl)c2nc(Nc3ccc(Cl)cc3Cl)n(CCCC(C)=O)c12. The van der Waals surface area contributed by atoms with Gasteiger partial charge in [-0.05, 0) is 61.9 Å². The first-order valence-corrected chi connectivity index (χ1v) is 11.4. The minimum atomic E-state index is 0.174. The van der Waals surface area contributed by atoms with Crippen molar-refractivity contribution in [2.24, 2.45) is 0 Å². The van der Waals surface area contributed by atoms with E-state index in [4.69, 9.17) is 39.8 Å². The lowest BCUT2D eigenvalue weighted by atomic mass is 9.93. The van der Waals surface area contributed by atoms with Gasteiger partial charge in [0.2, 0.25) is 5.95 Å². The van der Waals surface area contributed by atoms with Crippen LogP contribution in [0.2, 0.25) is 15.1 Å². The van der Waals surface area contributed by atoms with Crippen molar-refractivity contribution >= 4 is 63.3 Å². The first-order chi connectivity index (χ1) is 14.3. The molecule has 0 aliphatic carbocycles. The van der Waals surface area contributed by atoms with Crippen LogP contribution in [0, 0.1) is 0 Å². The Balaban J connectivity index is 2.15. The lowest BCUT2D eigenvalue weighted by Crippen LogP contribution is -2.08. The van der Waals surface area contributed by atoms with Gasteiger partial charge in [-0.3, -0.25) is 0 Å². The number of carbonyl (C=O) groups excluding carboxylic acids is 1. The zero-order valence-electron chi connectivity index (χ0n) is 17.4. The van der Waals surface area contributed by atoms with E-state index in [1.165, 1.54) is 5.56 Å². The lowest BCUT2D eigenvalue weighted by molar-refractivity contribution is -0.117. The molecule has 0 bridgehead atoms. The first-order valence-electron chi connectivity index (χ1n) is 10.3. The van der Waals surface area contributed by atoms with Gasteiger partial charge >= 0.3 is 0 Å². The summed E-state index contributed by atoms with van der Waals surface area (Å²) in [6, 6.07) is 9.32. The summed E-state index contributed by atoms with van der Waals surface area (Å²) in [6.07, 6.45) is 3.29. The fourth-order valence-corrected chi connectivity index (χ4v) is 4.45. The smallest absolute Gasteiger partial charge is 0.208 e. The number of halogens is 3. The third kappa shape index (κ3) is 4.93. The zero-order valence-corrected chi connectivity index (χ0v) is 19.7. The number of aryl methyl sites for hydroxylation is 1. The average molecular weight is 467 g/mol. The maximum absolute atomic E-state index is 11.5. The Bertz CT molecular complexity index is 1060. The summed E-state index contributed by atoms with van der Waals surface area (Å²) < 4.78 is 2.13. The number of imidazole rings is 1. The molecule has 0 saturated carbocycles. The third-order valence-corrected chi connectivity index (χ3v) is 6.24. The molecule has 0 atom stereocenters. The maximum Gasteiger partial charge on any atom is 0.208 e. The molecule has 1 N–H and O–H groups in total. The van der Waals surface area contributed by atoms with Gasteiger partial charge in [0, 0.05) is 18.0 Å². The molecule has 30 heavy (non-hydrogen) atoms. The summed E-state index contributed by atoms with van der Waals surface area (Å²) in [5.41, 5.74) is 3.72. The van der Waals surface area contributed by atoms with Crippen molar-refractivity contribution in [2.45, 2.75) is 58.9 Å². The van der Waals surface area contributed by atoms with Crippen LogP contribution in [0.5, 0.6) is 0 Å². The predicted molar refractivity (Wildman–Crippen MR) is 128 cm³/mol. The highest BCUT2D eigenvalue weighted by atomic mass is 35.5. The standard InChI is InChI=1S/C23H26Cl3N3O/c1-4-15(5-2)17-9-10-18(25)21-22(17)29(12-6-7-14(3)30)23(28-21)27-20-11-8-16(24)13-19(20)26/h8-11,13,15H,4-7,12H2,1-3H3,(H,27,28). The number of Topliss-reactive ketones (excluding diaryl/α,β-unsaturated/α-hetero) is 1. The minimum Gasteiger partial charge on any atom is -0.324 e. The summed E-state index contributed by atoms with van der Waals surface area (Å²) >= 11 is 19.0. The predicted octanol–water partition coefficient (Wildman–Crippen LogP) is 8.01. The summed E-state index contributed by atoms with van der Waals surface area (Å²) in [4.78, 5) is 16.3. The molecule has 160 valence electrons. The number of anilines is 2. The van der Waals surface area contributed by atoms with Crippen LogP contribution in [0.15, 0.2) is 30.3 Å². The molecular formula is C23H26Cl3N3O. The Morgan fingerprint density at radius 3 is 2.47 bits per heavy atom. The van der Waals surface area contributed by atoms with Crippen molar-refractivity contribution in [2.75, 3.05) is 5.32 Å². The fraction of sp³-hybridized carbons (Fsp3) is 0.391. The molecule has 3 aromatic rings. The number of rotatable bonds is 9. The molecule has 1 aromatic heterocycles. The monoisotopic (exact) mass is 465 g/mol. The van der Waals surface area contributed by atoms with Crippen LogP contribution >= 0.6 is 34.8 Å². The number of hydrogen-bond acceptors (Lipinski definition) is 3. The van der Waals surface area contributed by atoms with E-state index in [2.05, 4.69) is 29.8 Å². The second-order valence-electron chi connectivity index (χ2n) is 7.49. The van der Waals surface area contributed by atoms with E-state index >= 15 is 0 Å². The number of ketones is 1. The van der Waals surface area contributed by atoms with Crippen molar-refractivity contribution in [3.8, 4) is 0 Å². The normalized spacial score (nSPS) is 11.4. The number of benzene rings is 2. The van der Waals surface area contributed by atoms with E-state index in [-0.39, 0.29) is 5.78 Å². The average Bonchev–Trinajstić information content (AvgIpc) is 3.05. The molecule has 0 radical (unpaired) electrons. The van der Waals surface area contributed by atoms with Crippen molar-refractivity contribution in [3.63, 3.8) is 0 Å². The molecule has 0 amide bonds. The topological polar surface area (TPSA) is 46.9 Å². The highest BCUT2D eigenvalue weighted by molar-refractivity contribution is 6.36. The van der Waals surface area contributed by atoms with E-state index in [1.807, 2.05) is 12.1 Å². The van der Waals surface area contributed by atoms with Gasteiger partial charge in [-0.25, -0.2) is 4.98 Å². The Morgan fingerprint density at radius 1 is 1.10 bits per heavy atom. The second-order valence-corrected chi connectivity index (χ2v) is 8.74. The van der Waals surface area contributed by atoms with Crippen LogP contribution in [0.4, 0.5) is 11.6 Å². The zero-order chi connectivity index (χ0) is 21.8. The fourth-order valence-electron chi connectivity index (χ4n) is 3.80. The quantitative estimate of drug-likeness (QED) is 0.347. The molecule has 7 heteroatoms. The molecule has 0 saturated heterocycles. The number of nitrogens with one attached hydrogen (secondary N) is 1. The molecule has 0 aliphatic rings. The van der Waals surface area contributed by atoms with Crippen LogP contribution in [-0.4, -0.2) is 15.3 Å². The van der Waals surface area contributed by atoms with Gasteiger partial charge in [0.25, 0.3) is 0 Å². The highest BCUT2D eigenvalue weighted by Crippen LogP contribution is 2.37. The van der Waals surface area contributed by atoms with E-state index < -0.39 is 0 Å². The van der Waals surface area contributed by atoms with E-state index in [9.17, 15) is 4.79 Å². The summed E-state index contributed by atoms with van der Waals surface area (Å²) in [5, 5.41) is 5.03. The van der Waals surface area contributed by atoms with Gasteiger partial charge in [0.05, 0.1) is 21.2 Å². The Labute approximate surface area is 192 Å². The second kappa shape index (κ2) is 10.0. The number of carbonyl (C=O) groups is 1. The molecule has 4 nitrogen and oxygen atoms in total. The van der Waals surface area contributed by atoms with Crippen molar-refractivity contribution < 1.29 is 4.79 Å². The van der Waals surface area contributed by atoms with Gasteiger partial charge in [-0.15, -0.1) is 0 Å².